The second-order valence-corrected chi connectivity index (χ2v) is 8.15. The molecule has 1 fully saturated rings. The number of nitrogens with one attached hydrogen (secondary N) is 2. The Balaban J connectivity index is 1.49. The minimum absolute atomic E-state index is 0.114. The summed E-state index contributed by atoms with van der Waals surface area (Å²) in [5.74, 6) is -0.114. The summed E-state index contributed by atoms with van der Waals surface area (Å²) in [6.45, 7) is 1.28. The predicted molar refractivity (Wildman–Crippen MR) is 107 cm³/mol. The van der Waals surface area contributed by atoms with Crippen molar-refractivity contribution in [2.24, 2.45) is 0 Å². The molecule has 3 aromatic rings. The highest BCUT2D eigenvalue weighted by Crippen LogP contribution is 2.28. The molecule has 1 aromatic heterocycles. The van der Waals surface area contributed by atoms with E-state index in [4.69, 9.17) is 16.6 Å². The van der Waals surface area contributed by atoms with Crippen molar-refractivity contribution in [1.82, 2.24) is 4.98 Å². The number of amides is 1. The van der Waals surface area contributed by atoms with Gasteiger partial charge < -0.3 is 10.2 Å². The molecule has 1 amide bonds. The molecule has 2 heterocycles. The van der Waals surface area contributed by atoms with E-state index >= 15 is 0 Å². The number of carbonyl (C=O) groups is 1. The van der Waals surface area contributed by atoms with Crippen molar-refractivity contribution in [3.8, 4) is 6.07 Å². The van der Waals surface area contributed by atoms with Crippen LogP contribution in [0.15, 0.2) is 42.5 Å². The number of aromatic nitrogens is 1. The summed E-state index contributed by atoms with van der Waals surface area (Å²) >= 11 is 7.71. The van der Waals surface area contributed by atoms with Gasteiger partial charge in [0.15, 0.2) is 11.6 Å². The molecule has 27 heavy (non-hydrogen) atoms. The van der Waals surface area contributed by atoms with Gasteiger partial charge in [-0.2, -0.15) is 5.26 Å². The number of carbonyl (C=O) groups excluding carboxylic acids is 1. The number of hydrogen-bond acceptors (Lipinski definition) is 4. The molecule has 0 bridgehead atoms. The van der Waals surface area contributed by atoms with E-state index in [1.807, 2.05) is 18.2 Å². The van der Waals surface area contributed by atoms with Gasteiger partial charge in [0.25, 0.3) is 5.91 Å². The number of quaternary nitrogens is 1. The van der Waals surface area contributed by atoms with Crippen LogP contribution in [0, 0.1) is 11.3 Å². The molecule has 1 aliphatic heterocycles. The Kier molecular flexibility index (Phi) is 5.08. The smallest absolute Gasteiger partial charge is 0.279 e. The van der Waals surface area contributed by atoms with E-state index in [2.05, 4.69) is 17.5 Å². The van der Waals surface area contributed by atoms with E-state index in [-0.39, 0.29) is 11.9 Å². The molecule has 2 N–H and O–H groups in total. The first-order valence-corrected chi connectivity index (χ1v) is 10.0. The van der Waals surface area contributed by atoms with Gasteiger partial charge in [-0.15, -0.1) is 11.3 Å². The molecule has 136 valence electrons. The topological polar surface area (TPSA) is 70.2 Å². The van der Waals surface area contributed by atoms with Gasteiger partial charge in [0.05, 0.1) is 28.0 Å². The molecule has 2 atom stereocenters. The van der Waals surface area contributed by atoms with Crippen LogP contribution in [0.3, 0.4) is 0 Å². The molecule has 5 nitrogen and oxygen atoms in total. The van der Waals surface area contributed by atoms with Crippen molar-refractivity contribution >= 4 is 44.7 Å². The Morgan fingerprint density at radius 1 is 1.37 bits per heavy atom. The standard InChI is InChI=1S/C20H17ClN4OS/c21-14-8-7-13(11-22)16(10-14)23-19(26)12-25-9-3-5-17(25)20-24-15-4-1-2-6-18(15)27-20/h1-2,4,6-8,10,17H,3,5,9,12H2,(H,23,26)/p+1/t17-/m1/s1. The van der Waals surface area contributed by atoms with Crippen LogP contribution in [0.2, 0.25) is 5.02 Å². The number of para-hydroxylation sites is 1. The van der Waals surface area contributed by atoms with Crippen LogP contribution in [0.25, 0.3) is 10.2 Å². The van der Waals surface area contributed by atoms with E-state index in [9.17, 15) is 10.1 Å². The van der Waals surface area contributed by atoms with Crippen LogP contribution in [-0.2, 0) is 4.79 Å². The minimum Gasteiger partial charge on any atom is -0.320 e. The second kappa shape index (κ2) is 7.65. The van der Waals surface area contributed by atoms with Crippen LogP contribution in [0.5, 0.6) is 0 Å². The molecule has 7 heteroatoms. The van der Waals surface area contributed by atoms with Gasteiger partial charge in [0.1, 0.15) is 12.1 Å². The van der Waals surface area contributed by atoms with Gasteiger partial charge >= 0.3 is 0 Å². The zero-order valence-corrected chi connectivity index (χ0v) is 16.1. The Morgan fingerprint density at radius 2 is 2.22 bits per heavy atom. The summed E-state index contributed by atoms with van der Waals surface area (Å²) in [7, 11) is 0. The monoisotopic (exact) mass is 397 g/mol. The van der Waals surface area contributed by atoms with Crippen LogP contribution in [-0.4, -0.2) is 24.0 Å². The second-order valence-electron chi connectivity index (χ2n) is 6.65. The largest absolute Gasteiger partial charge is 0.320 e. The van der Waals surface area contributed by atoms with Gasteiger partial charge in [0, 0.05) is 17.9 Å². The van der Waals surface area contributed by atoms with Gasteiger partial charge in [-0.3, -0.25) is 4.79 Å². The summed E-state index contributed by atoms with van der Waals surface area (Å²) in [4.78, 5) is 18.6. The maximum Gasteiger partial charge on any atom is 0.279 e. The van der Waals surface area contributed by atoms with Gasteiger partial charge in [-0.1, -0.05) is 23.7 Å². The van der Waals surface area contributed by atoms with E-state index in [1.54, 1.807) is 29.5 Å². The summed E-state index contributed by atoms with van der Waals surface area (Å²) in [6, 6.07) is 15.3. The van der Waals surface area contributed by atoms with Crippen molar-refractivity contribution in [2.45, 2.75) is 18.9 Å². The predicted octanol–water partition coefficient (Wildman–Crippen LogP) is 3.18. The average Bonchev–Trinajstić information content (AvgIpc) is 3.28. The van der Waals surface area contributed by atoms with Crippen molar-refractivity contribution in [3.63, 3.8) is 0 Å². The summed E-state index contributed by atoms with van der Waals surface area (Å²) in [5, 5.41) is 13.6. The Hall–Kier alpha value is -2.46. The highest BCUT2D eigenvalue weighted by molar-refractivity contribution is 7.18. The number of nitrogens with zero attached hydrogens (tertiary/aromatic N) is 2. The molecule has 0 aliphatic carbocycles. The van der Waals surface area contributed by atoms with Crippen LogP contribution >= 0.6 is 22.9 Å². The zero-order chi connectivity index (χ0) is 18.8. The van der Waals surface area contributed by atoms with Gasteiger partial charge in [-0.25, -0.2) is 4.98 Å². The number of benzene rings is 2. The lowest BCUT2D eigenvalue weighted by atomic mass is 10.2. The Bertz CT molecular complexity index is 1010. The van der Waals surface area contributed by atoms with E-state index in [0.717, 1.165) is 29.9 Å². The third-order valence-corrected chi connectivity index (χ3v) is 6.24. The van der Waals surface area contributed by atoms with E-state index in [0.29, 0.717) is 22.8 Å². The number of halogens is 1. The molecule has 2 aromatic carbocycles. The van der Waals surface area contributed by atoms with Crippen LogP contribution in [0.4, 0.5) is 5.69 Å². The van der Waals surface area contributed by atoms with E-state index < -0.39 is 0 Å². The van der Waals surface area contributed by atoms with Crippen LogP contribution < -0.4 is 10.2 Å². The fourth-order valence-electron chi connectivity index (χ4n) is 3.58. The molecule has 1 unspecified atom stereocenters. The lowest BCUT2D eigenvalue weighted by Crippen LogP contribution is -3.11. The first-order chi connectivity index (χ1) is 13.1. The number of fused-ring (bicyclic) bond motifs is 1. The van der Waals surface area contributed by atoms with Gasteiger partial charge in [0.2, 0.25) is 0 Å². The van der Waals surface area contributed by atoms with E-state index in [1.165, 1.54) is 9.60 Å². The Morgan fingerprint density at radius 3 is 3.04 bits per heavy atom. The number of thiazole rings is 1. The zero-order valence-electron chi connectivity index (χ0n) is 14.5. The Labute approximate surface area is 166 Å². The SMILES string of the molecule is N#Cc1ccc(Cl)cc1NC(=O)C[NH+]1CCC[C@@H]1c1nc2ccccc2s1. The third kappa shape index (κ3) is 3.81. The van der Waals surface area contributed by atoms with Crippen molar-refractivity contribution in [1.29, 1.82) is 5.26 Å². The molecule has 1 aliphatic rings. The minimum atomic E-state index is -0.114. The molecule has 0 spiro atoms. The summed E-state index contributed by atoms with van der Waals surface area (Å²) < 4.78 is 1.18. The molecule has 0 radical (unpaired) electrons. The maximum atomic E-state index is 12.6. The van der Waals surface area contributed by atoms with Crippen molar-refractivity contribution in [3.05, 3.63) is 58.1 Å². The number of rotatable bonds is 4. The number of likely N-dealkylation sites (tertiary alicyclic amines) is 1. The summed E-state index contributed by atoms with van der Waals surface area (Å²) in [5.41, 5.74) is 1.89. The van der Waals surface area contributed by atoms with Crippen molar-refractivity contribution < 1.29 is 9.69 Å². The summed E-state index contributed by atoms with van der Waals surface area (Å²) in [6.07, 6.45) is 2.10. The average molecular weight is 398 g/mol. The molecule has 1 saturated heterocycles. The molecule has 4 rings (SSSR count). The van der Waals surface area contributed by atoms with Crippen LogP contribution in [0.1, 0.15) is 29.5 Å². The maximum absolute atomic E-state index is 12.6. The number of hydrogen-bond donors (Lipinski definition) is 2. The highest BCUT2D eigenvalue weighted by Gasteiger charge is 2.34. The fraction of sp³-hybridized carbons (Fsp3) is 0.250. The first kappa shape index (κ1) is 17.9. The quantitative estimate of drug-likeness (QED) is 0.710. The molecular formula is C20H18ClN4OS+. The highest BCUT2D eigenvalue weighted by atomic mass is 35.5. The normalized spacial score (nSPS) is 19.1. The van der Waals surface area contributed by atoms with Gasteiger partial charge in [-0.05, 0) is 30.3 Å². The first-order valence-electron chi connectivity index (χ1n) is 8.83. The lowest BCUT2D eigenvalue weighted by molar-refractivity contribution is -0.910. The fourth-order valence-corrected chi connectivity index (χ4v) is 4.91. The number of anilines is 1. The molecular weight excluding hydrogens is 380 g/mol. The van der Waals surface area contributed by atoms with Crippen molar-refractivity contribution in [2.75, 3.05) is 18.4 Å². The molecule has 0 saturated carbocycles. The lowest BCUT2D eigenvalue weighted by Gasteiger charge is -2.19. The third-order valence-electron chi connectivity index (χ3n) is 4.86. The number of nitriles is 1.